The molecule has 0 radical (unpaired) electrons. The number of piperidine rings is 1. The second-order valence-corrected chi connectivity index (χ2v) is 16.0. The standard InChI is InChI=1S/C40H50ClFN4O7/c1-26(2)25-51-36(48)45(24-30-12-13-32(42)20-34(30)41)33-19-31(21-43-22-33)35(47)44-16-14-28(15-17-44)29-11-9-10-27(18-29)23-46(37(49)52-39(3,4)5)38(50)53-40(6,7)8/h9-13,18-22,26,28H,14-17,23-25H2,1-8H3. The normalized spacial score (nSPS) is 13.8. The van der Waals surface area contributed by atoms with Crippen molar-refractivity contribution in [2.75, 3.05) is 24.6 Å². The Morgan fingerprint density at radius 1 is 0.887 bits per heavy atom. The van der Waals surface area contributed by atoms with Crippen LogP contribution in [-0.2, 0) is 27.3 Å². The van der Waals surface area contributed by atoms with Crippen molar-refractivity contribution in [2.45, 2.75) is 98.4 Å². The van der Waals surface area contributed by atoms with Gasteiger partial charge in [-0.15, -0.1) is 0 Å². The van der Waals surface area contributed by atoms with Crippen molar-refractivity contribution in [3.63, 3.8) is 0 Å². The number of hydrogen-bond donors (Lipinski definition) is 0. The average molecular weight is 753 g/mol. The number of likely N-dealkylation sites (tertiary alicyclic amines) is 1. The van der Waals surface area contributed by atoms with Crippen LogP contribution in [0.25, 0.3) is 0 Å². The molecule has 0 aliphatic carbocycles. The molecule has 4 rings (SSSR count). The second kappa shape index (κ2) is 17.4. The van der Waals surface area contributed by atoms with E-state index in [2.05, 4.69) is 4.98 Å². The Labute approximate surface area is 316 Å². The maximum Gasteiger partial charge on any atom is 0.420 e. The van der Waals surface area contributed by atoms with Gasteiger partial charge in [0.1, 0.15) is 17.0 Å². The van der Waals surface area contributed by atoms with E-state index < -0.39 is 35.3 Å². The number of hydrogen-bond acceptors (Lipinski definition) is 8. The van der Waals surface area contributed by atoms with E-state index >= 15 is 0 Å². The SMILES string of the molecule is CC(C)COC(=O)N(Cc1ccc(F)cc1Cl)c1cncc(C(=O)N2CCC(c3cccc(CN(C(=O)OC(C)(C)C)C(=O)OC(C)(C)C)c3)CC2)c1. The molecule has 1 saturated heterocycles. The number of benzene rings is 2. The summed E-state index contributed by atoms with van der Waals surface area (Å²) in [5, 5.41) is 0.156. The highest BCUT2D eigenvalue weighted by Gasteiger charge is 2.32. The first-order valence-corrected chi connectivity index (χ1v) is 18.1. The van der Waals surface area contributed by atoms with Gasteiger partial charge in [-0.3, -0.25) is 14.7 Å². The number of nitrogens with zero attached hydrogens (tertiary/aromatic N) is 4. The summed E-state index contributed by atoms with van der Waals surface area (Å²) in [6.45, 7) is 15.3. The number of carbonyl (C=O) groups excluding carboxylic acids is 4. The highest BCUT2D eigenvalue weighted by atomic mass is 35.5. The van der Waals surface area contributed by atoms with E-state index in [-0.39, 0.29) is 42.5 Å². The Morgan fingerprint density at radius 2 is 1.53 bits per heavy atom. The molecule has 13 heteroatoms. The molecular weight excluding hydrogens is 703 g/mol. The molecule has 0 bridgehead atoms. The third kappa shape index (κ3) is 12.2. The number of rotatable bonds is 9. The van der Waals surface area contributed by atoms with Gasteiger partial charge in [0.15, 0.2) is 0 Å². The lowest BCUT2D eigenvalue weighted by Gasteiger charge is -2.33. The van der Waals surface area contributed by atoms with E-state index in [1.165, 1.54) is 35.5 Å². The molecule has 3 aromatic rings. The molecule has 4 amide bonds. The quantitative estimate of drug-likeness (QED) is 0.199. The number of halogens is 2. The molecule has 1 aliphatic rings. The predicted octanol–water partition coefficient (Wildman–Crippen LogP) is 9.37. The van der Waals surface area contributed by atoms with E-state index in [4.69, 9.17) is 25.8 Å². The third-order valence-corrected chi connectivity index (χ3v) is 8.51. The summed E-state index contributed by atoms with van der Waals surface area (Å²) < 4.78 is 30.3. The van der Waals surface area contributed by atoms with Crippen molar-refractivity contribution in [1.82, 2.24) is 14.8 Å². The van der Waals surface area contributed by atoms with Crippen LogP contribution in [0.2, 0.25) is 5.02 Å². The molecule has 11 nitrogen and oxygen atoms in total. The Hall–Kier alpha value is -4.71. The van der Waals surface area contributed by atoms with Gasteiger partial charge in [0.2, 0.25) is 0 Å². The zero-order valence-corrected chi connectivity index (χ0v) is 32.5. The minimum atomic E-state index is -0.807. The summed E-state index contributed by atoms with van der Waals surface area (Å²) in [4.78, 5) is 61.5. The van der Waals surface area contributed by atoms with E-state index in [0.29, 0.717) is 42.7 Å². The number of amides is 4. The van der Waals surface area contributed by atoms with Crippen LogP contribution in [0.4, 0.5) is 24.5 Å². The Balaban J connectivity index is 1.47. The first-order chi connectivity index (χ1) is 24.8. The van der Waals surface area contributed by atoms with Crippen LogP contribution in [0.5, 0.6) is 0 Å². The third-order valence-electron chi connectivity index (χ3n) is 8.16. The van der Waals surface area contributed by atoms with Gasteiger partial charge in [-0.05, 0) is 101 Å². The van der Waals surface area contributed by atoms with Crippen molar-refractivity contribution in [2.24, 2.45) is 5.92 Å². The van der Waals surface area contributed by atoms with Crippen molar-refractivity contribution in [3.05, 3.63) is 94.0 Å². The average Bonchev–Trinajstić information content (AvgIpc) is 3.07. The van der Waals surface area contributed by atoms with E-state index in [0.717, 1.165) is 16.0 Å². The summed E-state index contributed by atoms with van der Waals surface area (Å²) >= 11 is 6.30. The van der Waals surface area contributed by atoms with Crippen LogP contribution in [-0.4, -0.2) is 69.9 Å². The number of ether oxygens (including phenoxy) is 3. The molecule has 53 heavy (non-hydrogen) atoms. The molecule has 2 aromatic carbocycles. The monoisotopic (exact) mass is 752 g/mol. The van der Waals surface area contributed by atoms with E-state index in [1.54, 1.807) is 52.5 Å². The second-order valence-electron chi connectivity index (χ2n) is 15.6. The van der Waals surface area contributed by atoms with Gasteiger partial charge in [0.05, 0.1) is 37.1 Å². The van der Waals surface area contributed by atoms with Crippen molar-refractivity contribution < 1.29 is 37.8 Å². The predicted molar refractivity (Wildman–Crippen MR) is 200 cm³/mol. The summed E-state index contributed by atoms with van der Waals surface area (Å²) in [7, 11) is 0. The number of imide groups is 1. The molecule has 2 heterocycles. The zero-order valence-electron chi connectivity index (χ0n) is 31.8. The number of aromatic nitrogens is 1. The Morgan fingerprint density at radius 3 is 2.11 bits per heavy atom. The highest BCUT2D eigenvalue weighted by Crippen LogP contribution is 2.31. The fourth-order valence-electron chi connectivity index (χ4n) is 5.65. The van der Waals surface area contributed by atoms with E-state index in [1.807, 2.05) is 38.1 Å². The lowest BCUT2D eigenvalue weighted by atomic mass is 9.88. The molecular formula is C40H50ClFN4O7. The minimum Gasteiger partial charge on any atom is -0.449 e. The van der Waals surface area contributed by atoms with Gasteiger partial charge in [-0.25, -0.2) is 23.7 Å². The summed E-state index contributed by atoms with van der Waals surface area (Å²) in [6, 6.07) is 13.2. The Kier molecular flexibility index (Phi) is 13.5. The fraction of sp³-hybridized carbons (Fsp3) is 0.475. The van der Waals surface area contributed by atoms with Crippen LogP contribution in [0.1, 0.15) is 101 Å². The van der Waals surface area contributed by atoms with Crippen molar-refractivity contribution in [1.29, 1.82) is 0 Å². The summed E-state index contributed by atoms with van der Waals surface area (Å²) in [6.07, 6.45) is 2.06. The summed E-state index contributed by atoms with van der Waals surface area (Å²) in [5.74, 6) is -0.504. The van der Waals surface area contributed by atoms with Crippen LogP contribution >= 0.6 is 11.6 Å². The molecule has 1 aliphatic heterocycles. The smallest absolute Gasteiger partial charge is 0.420 e. The topological polar surface area (TPSA) is 119 Å². The molecule has 1 aromatic heterocycles. The zero-order chi connectivity index (χ0) is 39.1. The van der Waals surface area contributed by atoms with Crippen LogP contribution in [0.15, 0.2) is 60.9 Å². The lowest BCUT2D eigenvalue weighted by Crippen LogP contribution is -2.43. The molecule has 0 unspecified atom stereocenters. The van der Waals surface area contributed by atoms with Crippen LogP contribution in [0, 0.1) is 11.7 Å². The number of carbonyl (C=O) groups is 4. The van der Waals surface area contributed by atoms with Crippen molar-refractivity contribution in [3.8, 4) is 0 Å². The van der Waals surface area contributed by atoms with Gasteiger partial charge in [-0.2, -0.15) is 0 Å². The highest BCUT2D eigenvalue weighted by molar-refractivity contribution is 6.31. The number of pyridine rings is 1. The minimum absolute atomic E-state index is 0.0207. The van der Waals surface area contributed by atoms with Gasteiger partial charge in [0, 0.05) is 24.3 Å². The van der Waals surface area contributed by atoms with Gasteiger partial charge in [0.25, 0.3) is 5.91 Å². The molecule has 0 saturated carbocycles. The largest absolute Gasteiger partial charge is 0.449 e. The van der Waals surface area contributed by atoms with Gasteiger partial charge >= 0.3 is 18.3 Å². The molecule has 0 atom stereocenters. The maximum atomic E-state index is 13.7. The first-order valence-electron chi connectivity index (χ1n) is 17.7. The maximum absolute atomic E-state index is 13.7. The lowest BCUT2D eigenvalue weighted by molar-refractivity contribution is -0.000290. The first kappa shape index (κ1) is 41.1. The molecule has 0 N–H and O–H groups in total. The van der Waals surface area contributed by atoms with Gasteiger partial charge in [-0.1, -0.05) is 55.8 Å². The number of anilines is 1. The fourth-order valence-corrected chi connectivity index (χ4v) is 5.88. The molecule has 1 fully saturated rings. The van der Waals surface area contributed by atoms with E-state index in [9.17, 15) is 23.6 Å². The van der Waals surface area contributed by atoms with Crippen LogP contribution < -0.4 is 4.90 Å². The Bertz CT molecular complexity index is 1750. The van der Waals surface area contributed by atoms with Crippen LogP contribution in [0.3, 0.4) is 0 Å². The molecule has 286 valence electrons. The molecule has 0 spiro atoms. The van der Waals surface area contributed by atoms with Gasteiger partial charge < -0.3 is 19.1 Å². The van der Waals surface area contributed by atoms with Crippen molar-refractivity contribution >= 4 is 41.5 Å². The summed E-state index contributed by atoms with van der Waals surface area (Å²) in [5.41, 5.74) is 1.29.